The molecule has 0 heterocycles. The molecule has 1 rings (SSSR count). The molecule has 1 N–H and O–H groups in total. The fourth-order valence-electron chi connectivity index (χ4n) is 5.15. The highest BCUT2D eigenvalue weighted by atomic mass is 32.2. The van der Waals surface area contributed by atoms with Crippen molar-refractivity contribution in [2.75, 3.05) is 24.7 Å². The van der Waals surface area contributed by atoms with Gasteiger partial charge < -0.3 is 14.8 Å². The zero-order valence-corrected chi connectivity index (χ0v) is 20.4. The summed E-state index contributed by atoms with van der Waals surface area (Å²) >= 11 is 1.87. The molecule has 1 aliphatic carbocycles. The van der Waals surface area contributed by atoms with Gasteiger partial charge in [-0.1, -0.05) is 59.8 Å². The number of carbonyl (C=O) groups excluding carboxylic acids is 2. The number of ether oxygens (including phenoxy) is 1. The Morgan fingerprint density at radius 1 is 1.03 bits per heavy atom. The number of amides is 1. The van der Waals surface area contributed by atoms with Crippen molar-refractivity contribution in [3.63, 3.8) is 0 Å². The van der Waals surface area contributed by atoms with Gasteiger partial charge in [-0.25, -0.2) is 4.79 Å². The highest BCUT2D eigenvalue weighted by Gasteiger charge is 2.41. The third kappa shape index (κ3) is 12.6. The van der Waals surface area contributed by atoms with Crippen LogP contribution in [-0.2, 0) is 9.53 Å². The van der Waals surface area contributed by atoms with Crippen LogP contribution in [0.2, 0.25) is 0 Å². The molecule has 0 aromatic carbocycles. The van der Waals surface area contributed by atoms with E-state index < -0.39 is 0 Å². The van der Waals surface area contributed by atoms with Crippen molar-refractivity contribution in [3.8, 4) is 0 Å². The van der Waals surface area contributed by atoms with Crippen LogP contribution in [0, 0.1) is 16.7 Å². The average molecular weight is 428 g/mol. The van der Waals surface area contributed by atoms with E-state index in [1.54, 1.807) is 6.92 Å². The standard InChI is InChI=1S/C24H45NO3S/c1-6-7-8-9-10-11-13-29-14-12-28-22(27)25-19-24(5)17-21(15-20(2)26)16-23(3,4)18-24/h21H,6-19H2,1-5H3,(H,25,27). The summed E-state index contributed by atoms with van der Waals surface area (Å²) < 4.78 is 5.36. The zero-order chi connectivity index (χ0) is 21.8. The molecule has 5 heteroatoms. The van der Waals surface area contributed by atoms with E-state index >= 15 is 0 Å². The highest BCUT2D eigenvalue weighted by Crippen LogP contribution is 2.49. The second kappa shape index (κ2) is 13.6. The third-order valence-electron chi connectivity index (χ3n) is 5.87. The second-order valence-corrected chi connectivity index (χ2v) is 11.4. The molecule has 29 heavy (non-hydrogen) atoms. The van der Waals surface area contributed by atoms with E-state index in [2.05, 4.69) is 33.0 Å². The average Bonchev–Trinajstić information content (AvgIpc) is 2.59. The number of hydrogen-bond donors (Lipinski definition) is 1. The van der Waals surface area contributed by atoms with Crippen LogP contribution in [0.25, 0.3) is 0 Å². The van der Waals surface area contributed by atoms with Gasteiger partial charge in [0.15, 0.2) is 0 Å². The summed E-state index contributed by atoms with van der Waals surface area (Å²) in [6, 6.07) is 0. The summed E-state index contributed by atoms with van der Waals surface area (Å²) in [5, 5.41) is 2.98. The number of unbranched alkanes of at least 4 members (excludes halogenated alkanes) is 5. The Kier molecular flexibility index (Phi) is 12.3. The van der Waals surface area contributed by atoms with E-state index in [0.29, 0.717) is 25.5 Å². The lowest BCUT2D eigenvalue weighted by molar-refractivity contribution is -0.118. The van der Waals surface area contributed by atoms with Crippen LogP contribution in [-0.4, -0.2) is 36.5 Å². The van der Waals surface area contributed by atoms with Crippen molar-refractivity contribution < 1.29 is 14.3 Å². The van der Waals surface area contributed by atoms with Gasteiger partial charge >= 0.3 is 6.09 Å². The maximum Gasteiger partial charge on any atom is 0.407 e. The summed E-state index contributed by atoms with van der Waals surface area (Å²) in [7, 11) is 0. The normalized spacial score (nSPS) is 23.6. The van der Waals surface area contributed by atoms with E-state index in [9.17, 15) is 9.59 Å². The smallest absolute Gasteiger partial charge is 0.407 e. The Hall–Kier alpha value is -0.710. The molecule has 1 amide bonds. The molecule has 4 nitrogen and oxygen atoms in total. The van der Waals surface area contributed by atoms with Gasteiger partial charge in [-0.05, 0) is 55.1 Å². The maximum atomic E-state index is 12.1. The van der Waals surface area contributed by atoms with Gasteiger partial charge in [-0.3, -0.25) is 0 Å². The Bertz CT molecular complexity index is 495. The first kappa shape index (κ1) is 26.3. The first-order valence-electron chi connectivity index (χ1n) is 11.6. The summed E-state index contributed by atoms with van der Waals surface area (Å²) in [4.78, 5) is 23.7. The van der Waals surface area contributed by atoms with Crippen molar-refractivity contribution in [1.29, 1.82) is 0 Å². The van der Waals surface area contributed by atoms with Gasteiger partial charge in [0.25, 0.3) is 0 Å². The SMILES string of the molecule is CCCCCCCCSCCOC(=O)NCC1(C)CC(CC(C)=O)CC(C)(C)C1. The fraction of sp³-hybridized carbons (Fsp3) is 0.917. The van der Waals surface area contributed by atoms with E-state index in [1.807, 2.05) is 11.8 Å². The van der Waals surface area contributed by atoms with E-state index in [0.717, 1.165) is 30.8 Å². The first-order chi connectivity index (χ1) is 13.7. The van der Waals surface area contributed by atoms with Crippen LogP contribution in [0.3, 0.4) is 0 Å². The Morgan fingerprint density at radius 3 is 2.41 bits per heavy atom. The molecule has 170 valence electrons. The van der Waals surface area contributed by atoms with Crippen LogP contribution in [0.15, 0.2) is 0 Å². The lowest BCUT2D eigenvalue weighted by Gasteiger charge is -2.46. The fourth-order valence-corrected chi connectivity index (χ4v) is 5.97. The lowest BCUT2D eigenvalue weighted by atomic mass is 9.60. The largest absolute Gasteiger partial charge is 0.449 e. The monoisotopic (exact) mass is 427 g/mol. The highest BCUT2D eigenvalue weighted by molar-refractivity contribution is 7.99. The molecule has 2 atom stereocenters. The number of nitrogens with one attached hydrogen (secondary N) is 1. The third-order valence-corrected chi connectivity index (χ3v) is 6.90. The molecule has 0 spiro atoms. The number of alkyl carbamates (subject to hydrolysis) is 1. The van der Waals surface area contributed by atoms with Gasteiger partial charge in [-0.15, -0.1) is 0 Å². The molecule has 1 fully saturated rings. The first-order valence-corrected chi connectivity index (χ1v) is 12.8. The van der Waals surface area contributed by atoms with Gasteiger partial charge in [0.1, 0.15) is 12.4 Å². The number of rotatable bonds is 14. The number of carbonyl (C=O) groups is 2. The van der Waals surface area contributed by atoms with Gasteiger partial charge in [0.2, 0.25) is 0 Å². The summed E-state index contributed by atoms with van der Waals surface area (Å²) in [6.07, 6.45) is 11.4. The van der Waals surface area contributed by atoms with Crippen molar-refractivity contribution >= 4 is 23.6 Å². The molecule has 0 bridgehead atoms. The van der Waals surface area contributed by atoms with Gasteiger partial charge in [0, 0.05) is 18.7 Å². The van der Waals surface area contributed by atoms with Crippen molar-refractivity contribution in [2.45, 2.75) is 98.8 Å². The molecule has 1 saturated carbocycles. The van der Waals surface area contributed by atoms with Crippen LogP contribution in [0.4, 0.5) is 4.79 Å². The number of ketones is 1. The van der Waals surface area contributed by atoms with Crippen molar-refractivity contribution in [2.24, 2.45) is 16.7 Å². The van der Waals surface area contributed by atoms with E-state index in [4.69, 9.17) is 4.74 Å². The van der Waals surface area contributed by atoms with Crippen LogP contribution in [0.5, 0.6) is 0 Å². The van der Waals surface area contributed by atoms with Gasteiger partial charge in [0.05, 0.1) is 0 Å². The minimum Gasteiger partial charge on any atom is -0.449 e. The van der Waals surface area contributed by atoms with Crippen molar-refractivity contribution in [3.05, 3.63) is 0 Å². The zero-order valence-electron chi connectivity index (χ0n) is 19.6. The van der Waals surface area contributed by atoms with E-state index in [1.165, 1.54) is 38.5 Å². The predicted octanol–water partition coefficient (Wildman–Crippen LogP) is 6.62. The van der Waals surface area contributed by atoms with Gasteiger partial charge in [-0.2, -0.15) is 11.8 Å². The van der Waals surface area contributed by atoms with Crippen LogP contribution < -0.4 is 5.32 Å². The molecular weight excluding hydrogens is 382 g/mol. The molecular formula is C24H45NO3S. The number of hydrogen-bond acceptors (Lipinski definition) is 4. The lowest BCUT2D eigenvalue weighted by Crippen LogP contribution is -2.44. The number of thioether (sulfide) groups is 1. The predicted molar refractivity (Wildman–Crippen MR) is 125 cm³/mol. The molecule has 2 unspecified atom stereocenters. The topological polar surface area (TPSA) is 55.4 Å². The van der Waals surface area contributed by atoms with E-state index in [-0.39, 0.29) is 22.7 Å². The minimum atomic E-state index is -0.308. The molecule has 0 aliphatic heterocycles. The Labute approximate surface area is 183 Å². The minimum absolute atomic E-state index is 0.0212. The molecule has 0 aromatic heterocycles. The Morgan fingerprint density at radius 2 is 1.72 bits per heavy atom. The molecule has 0 aromatic rings. The Balaban J connectivity index is 2.18. The molecule has 0 saturated heterocycles. The summed E-state index contributed by atoms with van der Waals surface area (Å²) in [6.45, 7) is 11.8. The molecule has 1 aliphatic rings. The maximum absolute atomic E-state index is 12.1. The van der Waals surface area contributed by atoms with Crippen molar-refractivity contribution in [1.82, 2.24) is 5.32 Å². The number of Topliss-reactive ketones (excluding diaryl/α,β-unsaturated/α-hetero) is 1. The summed E-state index contributed by atoms with van der Waals surface area (Å²) in [5.41, 5.74) is 0.222. The molecule has 0 radical (unpaired) electrons. The summed E-state index contributed by atoms with van der Waals surface area (Å²) in [5.74, 6) is 2.70. The van der Waals surface area contributed by atoms with Crippen LogP contribution in [0.1, 0.15) is 98.8 Å². The van der Waals surface area contributed by atoms with Crippen LogP contribution >= 0.6 is 11.8 Å². The quantitative estimate of drug-likeness (QED) is 0.317. The second-order valence-electron chi connectivity index (χ2n) is 10.2.